The minimum absolute atomic E-state index is 0.0225. The van der Waals surface area contributed by atoms with Gasteiger partial charge in [-0.2, -0.15) is 13.2 Å². The van der Waals surface area contributed by atoms with Gasteiger partial charge in [0.2, 0.25) is 11.8 Å². The number of alkyl halides is 3. The third-order valence-corrected chi connectivity index (χ3v) is 1.66. The number of rotatable bonds is 4. The molecule has 0 bridgehead atoms. The third-order valence-electron chi connectivity index (χ3n) is 1.66. The normalized spacial score (nSPS) is 11.2. The first-order chi connectivity index (χ1) is 7.38. The second-order valence-corrected chi connectivity index (χ2v) is 2.96. The first-order valence-electron chi connectivity index (χ1n) is 4.34. The lowest BCUT2D eigenvalue weighted by atomic mass is 10.3. The van der Waals surface area contributed by atoms with E-state index < -0.39 is 25.1 Å². The van der Waals surface area contributed by atoms with Crippen LogP contribution in [0.2, 0.25) is 0 Å². The zero-order valence-corrected chi connectivity index (χ0v) is 8.12. The molecule has 1 amide bonds. The van der Waals surface area contributed by atoms with Crippen LogP contribution in [0.5, 0.6) is 5.88 Å². The lowest BCUT2D eigenvalue weighted by Crippen LogP contribution is -2.14. The fourth-order valence-electron chi connectivity index (χ4n) is 0.883. The first-order valence-corrected chi connectivity index (χ1v) is 4.34. The summed E-state index contributed by atoms with van der Waals surface area (Å²) in [5.41, 5.74) is 5.12. The van der Waals surface area contributed by atoms with Crippen molar-refractivity contribution in [2.75, 3.05) is 6.61 Å². The Labute approximate surface area is 89.2 Å². The molecule has 88 valence electrons. The van der Waals surface area contributed by atoms with Gasteiger partial charge in [0.25, 0.3) is 0 Å². The highest BCUT2D eigenvalue weighted by molar-refractivity contribution is 5.92. The van der Waals surface area contributed by atoms with E-state index in [4.69, 9.17) is 10.5 Å². The van der Waals surface area contributed by atoms with E-state index in [0.717, 1.165) is 6.20 Å². The summed E-state index contributed by atoms with van der Waals surface area (Å²) in [4.78, 5) is 14.3. The summed E-state index contributed by atoms with van der Waals surface area (Å²) in [6.07, 6.45) is -4.16. The molecule has 2 N–H and O–H groups in total. The zero-order chi connectivity index (χ0) is 12.2. The number of amides is 1. The summed E-state index contributed by atoms with van der Waals surface area (Å²) < 4.78 is 40.0. The lowest BCUT2D eigenvalue weighted by Gasteiger charge is -2.07. The third kappa shape index (κ3) is 4.16. The second-order valence-electron chi connectivity index (χ2n) is 2.96. The minimum Gasteiger partial charge on any atom is -0.477 e. The van der Waals surface area contributed by atoms with Crippen LogP contribution in [0.15, 0.2) is 18.3 Å². The monoisotopic (exact) mass is 234 g/mol. The van der Waals surface area contributed by atoms with Crippen LogP contribution in [0.4, 0.5) is 13.2 Å². The van der Waals surface area contributed by atoms with E-state index in [2.05, 4.69) is 4.98 Å². The van der Waals surface area contributed by atoms with Gasteiger partial charge in [0.15, 0.2) is 0 Å². The number of primary amides is 1. The topological polar surface area (TPSA) is 65.2 Å². The van der Waals surface area contributed by atoms with Gasteiger partial charge in [-0.25, -0.2) is 4.98 Å². The summed E-state index contributed by atoms with van der Waals surface area (Å²) in [5.74, 6) is -0.636. The van der Waals surface area contributed by atoms with Crippen LogP contribution in [-0.2, 0) is 0 Å². The Kier molecular flexibility index (Phi) is 3.70. The molecule has 0 saturated carbocycles. The Hall–Kier alpha value is -1.79. The highest BCUT2D eigenvalue weighted by Crippen LogP contribution is 2.19. The van der Waals surface area contributed by atoms with Crippen molar-refractivity contribution in [1.82, 2.24) is 4.98 Å². The lowest BCUT2D eigenvalue weighted by molar-refractivity contribution is -0.139. The van der Waals surface area contributed by atoms with Gasteiger partial charge < -0.3 is 10.5 Å². The quantitative estimate of drug-likeness (QED) is 0.858. The largest absolute Gasteiger partial charge is 0.477 e. The van der Waals surface area contributed by atoms with E-state index in [1.165, 1.54) is 12.1 Å². The standard InChI is InChI=1S/C9H9F3N2O2/c10-9(11,12)3-4-16-7-2-1-6(5-14-7)8(13)15/h1-2,5H,3-4H2,(H2,13,15). The van der Waals surface area contributed by atoms with E-state index in [-0.39, 0.29) is 11.4 Å². The maximum absolute atomic E-state index is 11.8. The van der Waals surface area contributed by atoms with E-state index in [0.29, 0.717) is 0 Å². The van der Waals surface area contributed by atoms with Crippen molar-refractivity contribution >= 4 is 5.91 Å². The van der Waals surface area contributed by atoms with Crippen LogP contribution in [0, 0.1) is 0 Å². The molecule has 1 rings (SSSR count). The molecule has 4 nitrogen and oxygen atoms in total. The number of nitrogens with two attached hydrogens (primary N) is 1. The average Bonchev–Trinajstić information content (AvgIpc) is 2.16. The van der Waals surface area contributed by atoms with E-state index >= 15 is 0 Å². The maximum atomic E-state index is 11.8. The van der Waals surface area contributed by atoms with Crippen LogP contribution < -0.4 is 10.5 Å². The number of ether oxygens (including phenoxy) is 1. The molecule has 0 aliphatic rings. The van der Waals surface area contributed by atoms with Gasteiger partial charge in [0, 0.05) is 12.3 Å². The second kappa shape index (κ2) is 4.82. The molecular weight excluding hydrogens is 225 g/mol. The molecule has 1 aromatic rings. The number of pyridine rings is 1. The van der Waals surface area contributed by atoms with Crippen LogP contribution in [-0.4, -0.2) is 23.7 Å². The number of hydrogen-bond donors (Lipinski definition) is 1. The van der Waals surface area contributed by atoms with Crippen molar-refractivity contribution < 1.29 is 22.7 Å². The van der Waals surface area contributed by atoms with Gasteiger partial charge in [0.05, 0.1) is 18.6 Å². The molecule has 0 unspecified atom stereocenters. The van der Waals surface area contributed by atoms with Gasteiger partial charge in [-0.3, -0.25) is 4.79 Å². The number of aromatic nitrogens is 1. The highest BCUT2D eigenvalue weighted by atomic mass is 19.4. The van der Waals surface area contributed by atoms with Crippen molar-refractivity contribution in [1.29, 1.82) is 0 Å². The Balaban J connectivity index is 2.47. The molecule has 1 aromatic heterocycles. The maximum Gasteiger partial charge on any atom is 0.392 e. The highest BCUT2D eigenvalue weighted by Gasteiger charge is 2.26. The Morgan fingerprint density at radius 3 is 2.56 bits per heavy atom. The first kappa shape index (κ1) is 12.3. The molecule has 0 fully saturated rings. The molecule has 0 atom stereocenters. The summed E-state index contributed by atoms with van der Waals surface area (Å²) >= 11 is 0. The molecule has 0 radical (unpaired) electrons. The van der Waals surface area contributed by atoms with Crippen LogP contribution in [0.1, 0.15) is 16.8 Å². The van der Waals surface area contributed by atoms with Crippen molar-refractivity contribution in [2.45, 2.75) is 12.6 Å². The number of halogens is 3. The van der Waals surface area contributed by atoms with Crippen LogP contribution >= 0.6 is 0 Å². The molecule has 16 heavy (non-hydrogen) atoms. The molecule has 0 saturated heterocycles. The molecule has 7 heteroatoms. The number of carbonyl (C=O) groups excluding carboxylic acids is 1. The fourth-order valence-corrected chi connectivity index (χ4v) is 0.883. The summed E-state index contributed by atoms with van der Waals surface area (Å²) in [6.45, 7) is -0.508. The molecule has 1 heterocycles. The van der Waals surface area contributed by atoms with Crippen molar-refractivity contribution in [3.8, 4) is 5.88 Å². The van der Waals surface area contributed by atoms with Gasteiger partial charge >= 0.3 is 6.18 Å². The Bertz CT molecular complexity index is 362. The van der Waals surface area contributed by atoms with E-state index in [1.54, 1.807) is 0 Å². The van der Waals surface area contributed by atoms with Gasteiger partial charge in [-0.05, 0) is 6.07 Å². The molecule has 0 aliphatic carbocycles. The van der Waals surface area contributed by atoms with Crippen LogP contribution in [0.3, 0.4) is 0 Å². The predicted molar refractivity (Wildman–Crippen MR) is 48.9 cm³/mol. The number of hydrogen-bond acceptors (Lipinski definition) is 3. The van der Waals surface area contributed by atoms with Crippen molar-refractivity contribution in [3.05, 3.63) is 23.9 Å². The molecule has 0 aliphatic heterocycles. The zero-order valence-electron chi connectivity index (χ0n) is 8.12. The fraction of sp³-hybridized carbons (Fsp3) is 0.333. The van der Waals surface area contributed by atoms with Gasteiger partial charge in [-0.15, -0.1) is 0 Å². The van der Waals surface area contributed by atoms with E-state index in [9.17, 15) is 18.0 Å². The van der Waals surface area contributed by atoms with Gasteiger partial charge in [-0.1, -0.05) is 0 Å². The predicted octanol–water partition coefficient (Wildman–Crippen LogP) is 1.51. The Morgan fingerprint density at radius 2 is 2.12 bits per heavy atom. The smallest absolute Gasteiger partial charge is 0.392 e. The van der Waals surface area contributed by atoms with E-state index in [1.807, 2.05) is 0 Å². The van der Waals surface area contributed by atoms with Crippen LogP contribution in [0.25, 0.3) is 0 Å². The Morgan fingerprint density at radius 1 is 1.44 bits per heavy atom. The van der Waals surface area contributed by atoms with Crippen molar-refractivity contribution in [3.63, 3.8) is 0 Å². The summed E-state index contributed by atoms with van der Waals surface area (Å²) in [7, 11) is 0. The minimum atomic E-state index is -4.26. The number of nitrogens with zero attached hydrogens (tertiary/aromatic N) is 1. The molecule has 0 spiro atoms. The molecular formula is C9H9F3N2O2. The number of carbonyl (C=O) groups is 1. The average molecular weight is 234 g/mol. The van der Waals surface area contributed by atoms with Gasteiger partial charge in [0.1, 0.15) is 0 Å². The summed E-state index contributed by atoms with van der Waals surface area (Å²) in [5, 5.41) is 0. The van der Waals surface area contributed by atoms with Crippen molar-refractivity contribution in [2.24, 2.45) is 5.73 Å². The SMILES string of the molecule is NC(=O)c1ccc(OCCC(F)(F)F)nc1. The summed E-state index contributed by atoms with van der Waals surface area (Å²) in [6, 6.07) is 2.62. The molecule has 0 aromatic carbocycles.